The van der Waals surface area contributed by atoms with E-state index < -0.39 is 260 Å². The van der Waals surface area contributed by atoms with Crippen molar-refractivity contribution < 1.29 is 46.9 Å². The van der Waals surface area contributed by atoms with Gasteiger partial charge in [0.1, 0.15) is 11.3 Å². The molecule has 1 aromatic heterocycles. The number of nitrogens with zero attached hydrogens (tertiary/aromatic N) is 1. The molecule has 0 spiro atoms. The topological polar surface area (TPSA) is 16.4 Å². The molecule has 8 aromatic rings. The second-order valence-electron chi connectivity index (χ2n) is 9.02. The number of hydrogen-bond acceptors (Lipinski definition) is 2. The Balaban J connectivity index is 1.55. The molecule has 1 heterocycles. The second kappa shape index (κ2) is 12.1. The Kier molecular flexibility index (Phi) is 2.62. The lowest BCUT2D eigenvalue weighted by Crippen LogP contribution is -2.09. The maximum atomic E-state index is 9.55. The molecule has 0 atom stereocenters. The van der Waals surface area contributed by atoms with Gasteiger partial charge in [0.15, 0.2) is 0 Å². The summed E-state index contributed by atoms with van der Waals surface area (Å²) in [6.07, 6.45) is 0. The Bertz CT molecular complexity index is 3730. The lowest BCUT2D eigenvalue weighted by atomic mass is 9.97. The van der Waals surface area contributed by atoms with Crippen molar-refractivity contribution >= 4 is 28.0 Å². The van der Waals surface area contributed by atoms with E-state index in [1.165, 1.54) is 0 Å². The van der Waals surface area contributed by atoms with Gasteiger partial charge in [-0.05, 0) is 81.7 Å². The lowest BCUT2D eigenvalue weighted by Gasteiger charge is -2.26. The Morgan fingerprint density at radius 1 is 0.370 bits per heavy atom. The van der Waals surface area contributed by atoms with E-state index >= 15 is 0 Å². The van der Waals surface area contributed by atoms with Crippen LogP contribution in [0.4, 0.5) is 17.1 Å². The molecule has 218 valence electrons. The van der Waals surface area contributed by atoms with Crippen LogP contribution in [0.15, 0.2) is 192 Å². The molecule has 0 saturated carbocycles. The molecule has 0 unspecified atom stereocenters. The van der Waals surface area contributed by atoms with E-state index in [-0.39, 0.29) is 4.90 Å². The summed E-state index contributed by atoms with van der Waals surface area (Å²) < 4.78 is 278. The van der Waals surface area contributed by atoms with Crippen LogP contribution in [0.2, 0.25) is 0 Å². The number of benzene rings is 7. The van der Waals surface area contributed by atoms with Gasteiger partial charge in [-0.15, -0.1) is 0 Å². The summed E-state index contributed by atoms with van der Waals surface area (Å²) in [5.41, 5.74) is -10.5. The molecule has 0 radical (unpaired) electrons. The zero-order valence-corrected chi connectivity index (χ0v) is 22.9. The Labute approximate surface area is 313 Å². The number of rotatable bonds is 7. The molecule has 8 rings (SSSR count). The van der Waals surface area contributed by atoms with Crippen molar-refractivity contribution in [2.24, 2.45) is 0 Å². The predicted octanol–water partition coefficient (Wildman–Crippen LogP) is 12.6. The van der Waals surface area contributed by atoms with Crippen LogP contribution in [0.1, 0.15) is 42.5 Å². The molecule has 0 saturated heterocycles. The van der Waals surface area contributed by atoms with Gasteiger partial charge in [-0.1, -0.05) is 139 Å². The van der Waals surface area contributed by atoms with E-state index in [0.717, 1.165) is 0 Å². The first kappa shape index (κ1) is 9.94. The highest BCUT2D eigenvalue weighted by atomic mass is 16.3. The minimum Gasteiger partial charge on any atom is -0.456 e. The number of hydrogen-bond donors (Lipinski definition) is 0. The summed E-state index contributed by atoms with van der Waals surface area (Å²) in [4.78, 5) is 0.258. The maximum Gasteiger partial charge on any atom is 0.136 e. The Hall–Kier alpha value is -6.12. The summed E-state index contributed by atoms with van der Waals surface area (Å²) in [7, 11) is 0. The molecule has 46 heavy (non-hydrogen) atoms. The third-order valence-electron chi connectivity index (χ3n) is 6.27. The first-order chi connectivity index (χ1) is 35.7. The normalized spacial score (nSPS) is 20.5. The van der Waals surface area contributed by atoms with Crippen LogP contribution < -0.4 is 4.90 Å². The van der Waals surface area contributed by atoms with E-state index in [2.05, 4.69) is 0 Å². The fraction of sp³-hybridized carbons (Fsp3) is 0. The third-order valence-corrected chi connectivity index (χ3v) is 6.27. The standard InChI is InChI=1S/C44H31NO/c1-3-11-32(12-4-1)34-19-25-38(26-20-34)45(39-27-21-35(22-28-39)33-13-5-2-6-14-33)40-29-23-36(24-30-40)41-16-8-9-17-42(41)44-31-37-15-7-10-18-43(37)46-44/h1-31H/i1D,2D,3D,4D,5D,6D,7D,8D,9D,10D,11D,12D,13D,14D,15D,16D,17D,18D,19D,20D,21D,22D,23D,24D,25D,26D,27D,28D,29D,30D,31D. The second-order valence-corrected chi connectivity index (χ2v) is 9.02. The van der Waals surface area contributed by atoms with Gasteiger partial charge in [-0.3, -0.25) is 0 Å². The quantitative estimate of drug-likeness (QED) is 0.176. The molecular weight excluding hydrogens is 558 g/mol. The van der Waals surface area contributed by atoms with E-state index in [0.29, 0.717) is 0 Å². The van der Waals surface area contributed by atoms with Crippen LogP contribution in [-0.4, -0.2) is 0 Å². The van der Waals surface area contributed by atoms with Crippen molar-refractivity contribution in [3.8, 4) is 44.7 Å². The van der Waals surface area contributed by atoms with Gasteiger partial charge in [-0.2, -0.15) is 0 Å². The summed E-state index contributed by atoms with van der Waals surface area (Å²) in [5.74, 6) is -0.845. The van der Waals surface area contributed by atoms with Crippen molar-refractivity contribution in [3.05, 3.63) is 187 Å². The van der Waals surface area contributed by atoms with Crippen molar-refractivity contribution in [2.75, 3.05) is 4.90 Å². The lowest BCUT2D eigenvalue weighted by molar-refractivity contribution is 0.632. The highest BCUT2D eigenvalue weighted by Gasteiger charge is 2.16. The van der Waals surface area contributed by atoms with Crippen molar-refractivity contribution in [1.82, 2.24) is 0 Å². The summed E-state index contributed by atoms with van der Waals surface area (Å²) >= 11 is 0. The molecule has 7 aromatic carbocycles. The average molecular weight is 621 g/mol. The van der Waals surface area contributed by atoms with Gasteiger partial charge in [-0.25, -0.2) is 0 Å². The highest BCUT2D eigenvalue weighted by Crippen LogP contribution is 2.40. The predicted molar refractivity (Wildman–Crippen MR) is 193 cm³/mol. The van der Waals surface area contributed by atoms with Crippen molar-refractivity contribution in [2.45, 2.75) is 0 Å². The van der Waals surface area contributed by atoms with Gasteiger partial charge >= 0.3 is 0 Å². The molecule has 2 nitrogen and oxygen atoms in total. The zero-order valence-electron chi connectivity index (χ0n) is 53.9. The maximum absolute atomic E-state index is 9.55. The summed E-state index contributed by atoms with van der Waals surface area (Å²) in [6, 6.07) is -33.0. The van der Waals surface area contributed by atoms with Gasteiger partial charge < -0.3 is 9.32 Å². The smallest absolute Gasteiger partial charge is 0.136 e. The fourth-order valence-electron chi connectivity index (χ4n) is 4.20. The van der Waals surface area contributed by atoms with Crippen LogP contribution in [0.25, 0.3) is 55.7 Å². The van der Waals surface area contributed by atoms with Crippen LogP contribution in [0, 0.1) is 0 Å². The van der Waals surface area contributed by atoms with E-state index in [4.69, 9.17) is 30.5 Å². The van der Waals surface area contributed by atoms with Gasteiger partial charge in [0.2, 0.25) is 0 Å². The number of anilines is 3. The van der Waals surface area contributed by atoms with Crippen molar-refractivity contribution in [1.29, 1.82) is 0 Å². The SMILES string of the molecule is [2H]c1c([2H])c([2H])c(-c2c([2H])c([2H])c(N(c3c([2H])c([2H])c(-c4c([2H])c([2H])c([2H])c([2H])c4[2H])c([2H])c3[2H])c3c([2H])c([2H])c(-c4c([2H])c([2H])c([2H])c([2H])c4-c4oc5c([2H])c([2H])c([2H])c([2H])c5c4[2H])c([2H])c3[2H])c([2H])c2[2H])c([2H])c1[2H]. The summed E-state index contributed by atoms with van der Waals surface area (Å²) in [6.45, 7) is 0. The van der Waals surface area contributed by atoms with E-state index in [1.807, 2.05) is 0 Å². The average Bonchev–Trinajstić information content (AvgIpc) is 3.74. The first-order valence-corrected chi connectivity index (χ1v) is 13.1. The van der Waals surface area contributed by atoms with Gasteiger partial charge in [0.25, 0.3) is 0 Å². The molecule has 0 N–H and O–H groups in total. The number of furan rings is 1. The Morgan fingerprint density at radius 2 is 0.783 bits per heavy atom. The molecule has 0 bridgehead atoms. The molecule has 0 amide bonds. The van der Waals surface area contributed by atoms with Crippen LogP contribution in [0.5, 0.6) is 0 Å². The van der Waals surface area contributed by atoms with Crippen molar-refractivity contribution in [3.63, 3.8) is 0 Å². The van der Waals surface area contributed by atoms with E-state index in [9.17, 15) is 16.4 Å². The summed E-state index contributed by atoms with van der Waals surface area (Å²) in [5, 5.41) is -0.551. The number of para-hydroxylation sites is 1. The Morgan fingerprint density at radius 3 is 1.33 bits per heavy atom. The minimum atomic E-state index is -1.34. The third kappa shape index (κ3) is 5.38. The van der Waals surface area contributed by atoms with Crippen LogP contribution >= 0.6 is 0 Å². The molecule has 0 aliphatic carbocycles. The molecular formula is C44H31NO. The fourth-order valence-corrected chi connectivity index (χ4v) is 4.20. The largest absolute Gasteiger partial charge is 0.456 e. The van der Waals surface area contributed by atoms with Crippen LogP contribution in [-0.2, 0) is 0 Å². The first-order valence-electron chi connectivity index (χ1n) is 28.6. The van der Waals surface area contributed by atoms with E-state index in [1.54, 1.807) is 0 Å². The molecule has 0 aliphatic rings. The monoisotopic (exact) mass is 620 g/mol. The van der Waals surface area contributed by atoms with Gasteiger partial charge in [0.05, 0.1) is 42.5 Å². The molecule has 2 heteroatoms. The van der Waals surface area contributed by atoms with Crippen LogP contribution in [0.3, 0.4) is 0 Å². The highest BCUT2D eigenvalue weighted by molar-refractivity contribution is 5.89. The zero-order chi connectivity index (χ0) is 57.7. The minimum absolute atomic E-state index is 0.258. The molecule has 0 fully saturated rings. The van der Waals surface area contributed by atoms with Gasteiger partial charge in [0, 0.05) is 28.0 Å². The molecule has 0 aliphatic heterocycles. The number of fused-ring (bicyclic) bond motifs is 1.